The van der Waals surface area contributed by atoms with E-state index in [1.807, 2.05) is 0 Å². The van der Waals surface area contributed by atoms with Crippen molar-refractivity contribution in [1.82, 2.24) is 9.88 Å². The highest BCUT2D eigenvalue weighted by molar-refractivity contribution is 5.26. The van der Waals surface area contributed by atoms with Gasteiger partial charge in [0.2, 0.25) is 0 Å². The van der Waals surface area contributed by atoms with E-state index in [9.17, 15) is 0 Å². The standard InChI is InChI=1S/C18H30N2/c1-12-9-14(13(2)20(12)6)11-19-16-17(3,4)15-7-8-18(16,5)10-15/h9,15-16,19H,7-8,10-11H2,1-6H3. The summed E-state index contributed by atoms with van der Waals surface area (Å²) in [4.78, 5) is 0. The Morgan fingerprint density at radius 2 is 2.00 bits per heavy atom. The van der Waals surface area contributed by atoms with E-state index >= 15 is 0 Å². The minimum atomic E-state index is 0.449. The van der Waals surface area contributed by atoms with Crippen LogP contribution >= 0.6 is 0 Å². The Labute approximate surface area is 123 Å². The molecule has 1 N–H and O–H groups in total. The average Bonchev–Trinajstić information content (AvgIpc) is 2.93. The van der Waals surface area contributed by atoms with E-state index in [2.05, 4.69) is 57.6 Å². The largest absolute Gasteiger partial charge is 0.352 e. The Hall–Kier alpha value is -0.760. The summed E-state index contributed by atoms with van der Waals surface area (Å²) in [6.45, 7) is 12.9. The highest BCUT2D eigenvalue weighted by Crippen LogP contribution is 2.62. The summed E-state index contributed by atoms with van der Waals surface area (Å²) in [7, 11) is 2.16. The van der Waals surface area contributed by atoms with Crippen LogP contribution < -0.4 is 5.32 Å². The van der Waals surface area contributed by atoms with E-state index in [1.165, 1.54) is 36.2 Å². The summed E-state index contributed by atoms with van der Waals surface area (Å²) >= 11 is 0. The van der Waals surface area contributed by atoms with Crippen molar-refractivity contribution in [2.45, 2.75) is 66.5 Å². The zero-order valence-corrected chi connectivity index (χ0v) is 14.0. The fraction of sp³-hybridized carbons (Fsp3) is 0.778. The second-order valence-electron chi connectivity index (χ2n) is 8.18. The van der Waals surface area contributed by atoms with Crippen molar-refractivity contribution in [3.8, 4) is 0 Å². The molecule has 1 aromatic rings. The van der Waals surface area contributed by atoms with Gasteiger partial charge in [-0.1, -0.05) is 20.8 Å². The Morgan fingerprint density at radius 3 is 2.50 bits per heavy atom. The number of aryl methyl sites for hydroxylation is 1. The van der Waals surface area contributed by atoms with Crippen LogP contribution in [0.2, 0.25) is 0 Å². The molecule has 0 spiro atoms. The van der Waals surface area contributed by atoms with Gasteiger partial charge in [-0.3, -0.25) is 0 Å². The molecular formula is C18H30N2. The maximum atomic E-state index is 3.93. The van der Waals surface area contributed by atoms with Crippen LogP contribution in [0.15, 0.2) is 6.07 Å². The van der Waals surface area contributed by atoms with Gasteiger partial charge in [-0.25, -0.2) is 0 Å². The van der Waals surface area contributed by atoms with E-state index in [-0.39, 0.29) is 0 Å². The monoisotopic (exact) mass is 274 g/mol. The highest BCUT2D eigenvalue weighted by Gasteiger charge is 2.58. The Balaban J connectivity index is 1.77. The number of rotatable bonds is 3. The lowest BCUT2D eigenvalue weighted by atomic mass is 9.68. The van der Waals surface area contributed by atoms with Crippen molar-refractivity contribution in [3.05, 3.63) is 23.0 Å². The SMILES string of the molecule is Cc1cc(CNC2C3(C)CCC(C3)C2(C)C)c(C)n1C. The van der Waals surface area contributed by atoms with Crippen molar-refractivity contribution >= 4 is 0 Å². The molecular weight excluding hydrogens is 244 g/mol. The second kappa shape index (κ2) is 4.37. The van der Waals surface area contributed by atoms with E-state index in [1.54, 1.807) is 0 Å². The fourth-order valence-electron chi connectivity index (χ4n) is 5.14. The van der Waals surface area contributed by atoms with Gasteiger partial charge in [0.15, 0.2) is 0 Å². The molecule has 2 aliphatic carbocycles. The molecule has 112 valence electrons. The van der Waals surface area contributed by atoms with Gasteiger partial charge >= 0.3 is 0 Å². The molecule has 2 saturated carbocycles. The lowest BCUT2D eigenvalue weighted by Gasteiger charge is -2.43. The first-order valence-corrected chi connectivity index (χ1v) is 8.11. The van der Waals surface area contributed by atoms with Crippen LogP contribution in [0, 0.1) is 30.6 Å². The summed E-state index contributed by atoms with van der Waals surface area (Å²) in [5, 5.41) is 3.93. The first kappa shape index (κ1) is 14.2. The third-order valence-electron chi connectivity index (χ3n) is 6.65. The maximum absolute atomic E-state index is 3.93. The highest BCUT2D eigenvalue weighted by atomic mass is 15.0. The van der Waals surface area contributed by atoms with Crippen molar-refractivity contribution in [2.75, 3.05) is 0 Å². The zero-order chi connectivity index (χ0) is 14.7. The normalized spacial score (nSPS) is 34.9. The van der Waals surface area contributed by atoms with E-state index in [4.69, 9.17) is 0 Å². The lowest BCUT2D eigenvalue weighted by Crippen LogP contribution is -2.49. The molecule has 0 amide bonds. The number of nitrogens with one attached hydrogen (secondary N) is 1. The zero-order valence-electron chi connectivity index (χ0n) is 14.0. The van der Waals surface area contributed by atoms with E-state index in [0.29, 0.717) is 16.9 Å². The summed E-state index contributed by atoms with van der Waals surface area (Å²) < 4.78 is 2.30. The number of hydrogen-bond donors (Lipinski definition) is 1. The molecule has 0 saturated heterocycles. The summed E-state index contributed by atoms with van der Waals surface area (Å²) in [6.07, 6.45) is 4.27. The molecule has 2 heteroatoms. The molecule has 1 aromatic heterocycles. The molecule has 3 unspecified atom stereocenters. The summed E-state index contributed by atoms with van der Waals surface area (Å²) in [5.41, 5.74) is 5.20. The molecule has 0 aromatic carbocycles. The van der Waals surface area contributed by atoms with Crippen molar-refractivity contribution in [3.63, 3.8) is 0 Å². The van der Waals surface area contributed by atoms with Crippen LogP contribution in [0.5, 0.6) is 0 Å². The van der Waals surface area contributed by atoms with Crippen LogP contribution in [0.4, 0.5) is 0 Å². The van der Waals surface area contributed by atoms with Gasteiger partial charge in [-0.2, -0.15) is 0 Å². The average molecular weight is 274 g/mol. The molecule has 0 radical (unpaired) electrons. The third-order valence-corrected chi connectivity index (χ3v) is 6.65. The minimum absolute atomic E-state index is 0.449. The van der Waals surface area contributed by atoms with Crippen LogP contribution in [-0.4, -0.2) is 10.6 Å². The smallest absolute Gasteiger partial charge is 0.0226 e. The van der Waals surface area contributed by atoms with Crippen LogP contribution in [0.25, 0.3) is 0 Å². The number of fused-ring (bicyclic) bond motifs is 2. The molecule has 3 rings (SSSR count). The molecule has 2 fully saturated rings. The van der Waals surface area contributed by atoms with Gasteiger partial charge in [0.1, 0.15) is 0 Å². The minimum Gasteiger partial charge on any atom is -0.352 e. The van der Waals surface area contributed by atoms with Crippen molar-refractivity contribution in [1.29, 1.82) is 0 Å². The van der Waals surface area contributed by atoms with Crippen LogP contribution in [0.1, 0.15) is 57.0 Å². The fourth-order valence-corrected chi connectivity index (χ4v) is 5.14. The first-order chi connectivity index (χ1) is 9.25. The predicted molar refractivity (Wildman–Crippen MR) is 84.7 cm³/mol. The Morgan fingerprint density at radius 1 is 1.30 bits per heavy atom. The van der Waals surface area contributed by atoms with E-state index in [0.717, 1.165) is 12.5 Å². The Bertz CT molecular complexity index is 521. The van der Waals surface area contributed by atoms with Gasteiger partial charge in [0.05, 0.1) is 0 Å². The van der Waals surface area contributed by atoms with Crippen LogP contribution in [-0.2, 0) is 13.6 Å². The molecule has 20 heavy (non-hydrogen) atoms. The molecule has 2 nitrogen and oxygen atoms in total. The molecule has 2 aliphatic rings. The van der Waals surface area contributed by atoms with Crippen molar-refractivity contribution in [2.24, 2.45) is 23.8 Å². The van der Waals surface area contributed by atoms with E-state index < -0.39 is 0 Å². The first-order valence-electron chi connectivity index (χ1n) is 8.11. The van der Waals surface area contributed by atoms with Crippen LogP contribution in [0.3, 0.4) is 0 Å². The second-order valence-corrected chi connectivity index (χ2v) is 8.18. The topological polar surface area (TPSA) is 17.0 Å². The third kappa shape index (κ3) is 1.88. The Kier molecular flexibility index (Phi) is 3.10. The number of nitrogens with zero attached hydrogens (tertiary/aromatic N) is 1. The molecule has 0 aliphatic heterocycles. The van der Waals surface area contributed by atoms with Gasteiger partial charge < -0.3 is 9.88 Å². The number of hydrogen-bond acceptors (Lipinski definition) is 1. The van der Waals surface area contributed by atoms with Gasteiger partial charge in [-0.15, -0.1) is 0 Å². The van der Waals surface area contributed by atoms with Gasteiger partial charge in [-0.05, 0) is 61.5 Å². The summed E-state index contributed by atoms with van der Waals surface area (Å²) in [5.74, 6) is 0.920. The molecule has 3 atom stereocenters. The molecule has 1 heterocycles. The number of aromatic nitrogens is 1. The maximum Gasteiger partial charge on any atom is 0.0226 e. The lowest BCUT2D eigenvalue weighted by molar-refractivity contribution is 0.108. The van der Waals surface area contributed by atoms with Gasteiger partial charge in [0.25, 0.3) is 0 Å². The van der Waals surface area contributed by atoms with Crippen molar-refractivity contribution < 1.29 is 0 Å². The predicted octanol–water partition coefficient (Wildman–Crippen LogP) is 3.95. The van der Waals surface area contributed by atoms with Gasteiger partial charge in [0, 0.05) is 31.0 Å². The summed E-state index contributed by atoms with van der Waals surface area (Å²) in [6, 6.07) is 3.00. The quantitative estimate of drug-likeness (QED) is 0.883. The molecule has 2 bridgehead atoms.